The lowest BCUT2D eigenvalue weighted by Gasteiger charge is -2.07. The van der Waals surface area contributed by atoms with Crippen molar-refractivity contribution >= 4 is 17.3 Å². The minimum atomic E-state index is -0.281. The average Bonchev–Trinajstić information content (AvgIpc) is 2.43. The molecule has 19 heavy (non-hydrogen) atoms. The zero-order valence-corrected chi connectivity index (χ0v) is 10.8. The standard InChI is InChI=1S/C15H15FN2O/c1-10-9-13(7-8-14(10)16)18-15(19)11-3-5-12(17-2)6-4-11/h3-9,17H,1-2H3,(H,18,19). The highest BCUT2D eigenvalue weighted by Gasteiger charge is 2.07. The molecule has 0 bridgehead atoms. The molecule has 0 fully saturated rings. The molecule has 1 amide bonds. The van der Waals surface area contributed by atoms with Crippen molar-refractivity contribution < 1.29 is 9.18 Å². The third-order valence-corrected chi connectivity index (χ3v) is 2.85. The Kier molecular flexibility index (Phi) is 3.80. The molecule has 0 atom stereocenters. The molecule has 0 heterocycles. The van der Waals surface area contributed by atoms with Crippen molar-refractivity contribution in [3.63, 3.8) is 0 Å². The van der Waals surface area contributed by atoms with E-state index in [1.54, 1.807) is 31.2 Å². The molecule has 4 heteroatoms. The Morgan fingerprint density at radius 3 is 2.26 bits per heavy atom. The monoisotopic (exact) mass is 258 g/mol. The quantitative estimate of drug-likeness (QED) is 0.885. The van der Waals surface area contributed by atoms with Crippen molar-refractivity contribution in [2.24, 2.45) is 0 Å². The Balaban J connectivity index is 2.13. The molecule has 2 rings (SSSR count). The molecule has 0 aliphatic carbocycles. The van der Waals surface area contributed by atoms with Crippen molar-refractivity contribution in [2.45, 2.75) is 6.92 Å². The van der Waals surface area contributed by atoms with Crippen LogP contribution >= 0.6 is 0 Å². The van der Waals surface area contributed by atoms with Gasteiger partial charge in [-0.05, 0) is 55.0 Å². The van der Waals surface area contributed by atoms with E-state index in [4.69, 9.17) is 0 Å². The first-order chi connectivity index (χ1) is 9.10. The van der Waals surface area contributed by atoms with Gasteiger partial charge in [0.2, 0.25) is 0 Å². The van der Waals surface area contributed by atoms with Crippen LogP contribution in [-0.2, 0) is 0 Å². The third-order valence-electron chi connectivity index (χ3n) is 2.85. The summed E-state index contributed by atoms with van der Waals surface area (Å²) in [5, 5.41) is 5.72. The van der Waals surface area contributed by atoms with Crippen molar-refractivity contribution in [1.82, 2.24) is 0 Å². The number of carbonyl (C=O) groups is 1. The highest BCUT2D eigenvalue weighted by molar-refractivity contribution is 6.04. The van der Waals surface area contributed by atoms with Gasteiger partial charge >= 0.3 is 0 Å². The average molecular weight is 258 g/mol. The minimum absolute atomic E-state index is 0.214. The van der Waals surface area contributed by atoms with Gasteiger partial charge < -0.3 is 10.6 Å². The maximum Gasteiger partial charge on any atom is 0.255 e. The summed E-state index contributed by atoms with van der Waals surface area (Å²) in [5.41, 5.74) is 2.58. The molecule has 0 saturated heterocycles. The van der Waals surface area contributed by atoms with Gasteiger partial charge in [0.05, 0.1) is 0 Å². The van der Waals surface area contributed by atoms with Gasteiger partial charge in [-0.2, -0.15) is 0 Å². The summed E-state index contributed by atoms with van der Waals surface area (Å²) in [7, 11) is 1.82. The number of anilines is 2. The van der Waals surface area contributed by atoms with Crippen LogP contribution in [0.1, 0.15) is 15.9 Å². The first-order valence-corrected chi connectivity index (χ1v) is 5.95. The minimum Gasteiger partial charge on any atom is -0.388 e. The number of carbonyl (C=O) groups excluding carboxylic acids is 1. The zero-order valence-electron chi connectivity index (χ0n) is 10.8. The van der Waals surface area contributed by atoms with Crippen LogP contribution in [0.4, 0.5) is 15.8 Å². The lowest BCUT2D eigenvalue weighted by atomic mass is 10.1. The van der Waals surface area contributed by atoms with E-state index >= 15 is 0 Å². The molecular formula is C15H15FN2O. The van der Waals surface area contributed by atoms with E-state index in [0.717, 1.165) is 5.69 Å². The number of hydrogen-bond acceptors (Lipinski definition) is 2. The molecule has 2 aromatic rings. The summed E-state index contributed by atoms with van der Waals surface area (Å²) in [6.45, 7) is 1.66. The van der Waals surface area contributed by atoms with Crippen molar-refractivity contribution in [2.75, 3.05) is 17.7 Å². The number of halogens is 1. The number of rotatable bonds is 3. The second-order valence-corrected chi connectivity index (χ2v) is 4.25. The fourth-order valence-electron chi connectivity index (χ4n) is 1.71. The van der Waals surface area contributed by atoms with Crippen LogP contribution in [0, 0.1) is 12.7 Å². The third kappa shape index (κ3) is 3.10. The molecule has 0 aliphatic rings. The second kappa shape index (κ2) is 5.52. The van der Waals surface area contributed by atoms with Gasteiger partial charge in [0.25, 0.3) is 5.91 Å². The van der Waals surface area contributed by atoms with E-state index in [2.05, 4.69) is 10.6 Å². The van der Waals surface area contributed by atoms with Gasteiger partial charge in [-0.15, -0.1) is 0 Å². The normalized spacial score (nSPS) is 10.1. The van der Waals surface area contributed by atoms with Crippen molar-refractivity contribution in [3.05, 3.63) is 59.4 Å². The van der Waals surface area contributed by atoms with Crippen LogP contribution in [0.3, 0.4) is 0 Å². The van der Waals surface area contributed by atoms with E-state index < -0.39 is 0 Å². The molecule has 3 nitrogen and oxygen atoms in total. The lowest BCUT2D eigenvalue weighted by Crippen LogP contribution is -2.12. The maximum atomic E-state index is 13.1. The van der Waals surface area contributed by atoms with Gasteiger partial charge in [-0.25, -0.2) is 4.39 Å². The van der Waals surface area contributed by atoms with Gasteiger partial charge in [0.1, 0.15) is 5.82 Å². The van der Waals surface area contributed by atoms with Gasteiger partial charge in [-0.1, -0.05) is 0 Å². The number of amides is 1. The number of benzene rings is 2. The SMILES string of the molecule is CNc1ccc(C(=O)Nc2ccc(F)c(C)c2)cc1. The topological polar surface area (TPSA) is 41.1 Å². The van der Waals surface area contributed by atoms with E-state index in [0.29, 0.717) is 16.8 Å². The Hall–Kier alpha value is -2.36. The molecule has 0 radical (unpaired) electrons. The first kappa shape index (κ1) is 13.1. The molecular weight excluding hydrogens is 243 g/mol. The molecule has 0 aromatic heterocycles. The Morgan fingerprint density at radius 1 is 1.05 bits per heavy atom. The molecule has 0 aliphatic heterocycles. The molecule has 0 spiro atoms. The fraction of sp³-hybridized carbons (Fsp3) is 0.133. The van der Waals surface area contributed by atoms with Crippen LogP contribution in [0.2, 0.25) is 0 Å². The summed E-state index contributed by atoms with van der Waals surface area (Å²) < 4.78 is 13.1. The van der Waals surface area contributed by atoms with Gasteiger partial charge in [0, 0.05) is 24.0 Å². The lowest BCUT2D eigenvalue weighted by molar-refractivity contribution is 0.102. The summed E-state index contributed by atoms with van der Waals surface area (Å²) in [5.74, 6) is -0.495. The largest absolute Gasteiger partial charge is 0.388 e. The summed E-state index contributed by atoms with van der Waals surface area (Å²) in [6.07, 6.45) is 0. The zero-order chi connectivity index (χ0) is 13.8. The second-order valence-electron chi connectivity index (χ2n) is 4.25. The number of hydrogen-bond donors (Lipinski definition) is 2. The fourth-order valence-corrected chi connectivity index (χ4v) is 1.71. The molecule has 2 N–H and O–H groups in total. The van der Waals surface area contributed by atoms with Gasteiger partial charge in [-0.3, -0.25) is 4.79 Å². The Bertz CT molecular complexity index is 594. The summed E-state index contributed by atoms with van der Waals surface area (Å²) in [6, 6.07) is 11.6. The van der Waals surface area contributed by atoms with E-state index in [9.17, 15) is 9.18 Å². The van der Waals surface area contributed by atoms with Crippen LogP contribution in [-0.4, -0.2) is 13.0 Å². The van der Waals surface area contributed by atoms with Crippen LogP contribution in [0.25, 0.3) is 0 Å². The smallest absolute Gasteiger partial charge is 0.255 e. The first-order valence-electron chi connectivity index (χ1n) is 5.95. The predicted molar refractivity (Wildman–Crippen MR) is 75.1 cm³/mol. The summed E-state index contributed by atoms with van der Waals surface area (Å²) in [4.78, 5) is 12.0. The van der Waals surface area contributed by atoms with Crippen LogP contribution in [0.15, 0.2) is 42.5 Å². The maximum absolute atomic E-state index is 13.1. The highest BCUT2D eigenvalue weighted by Crippen LogP contribution is 2.15. The van der Waals surface area contributed by atoms with Gasteiger partial charge in [0.15, 0.2) is 0 Å². The van der Waals surface area contributed by atoms with E-state index in [1.165, 1.54) is 6.07 Å². The Morgan fingerprint density at radius 2 is 1.68 bits per heavy atom. The highest BCUT2D eigenvalue weighted by atomic mass is 19.1. The molecule has 2 aromatic carbocycles. The predicted octanol–water partition coefficient (Wildman–Crippen LogP) is 3.43. The van der Waals surface area contributed by atoms with E-state index in [-0.39, 0.29) is 11.7 Å². The van der Waals surface area contributed by atoms with Crippen LogP contribution in [0.5, 0.6) is 0 Å². The van der Waals surface area contributed by atoms with Crippen LogP contribution < -0.4 is 10.6 Å². The van der Waals surface area contributed by atoms with Crippen molar-refractivity contribution in [3.8, 4) is 0 Å². The number of nitrogens with one attached hydrogen (secondary N) is 2. The molecule has 0 saturated carbocycles. The van der Waals surface area contributed by atoms with E-state index in [1.807, 2.05) is 19.2 Å². The number of aryl methyl sites for hydroxylation is 1. The summed E-state index contributed by atoms with van der Waals surface area (Å²) >= 11 is 0. The Labute approximate surface area is 111 Å². The molecule has 0 unspecified atom stereocenters. The molecule has 98 valence electrons. The van der Waals surface area contributed by atoms with Crippen molar-refractivity contribution in [1.29, 1.82) is 0 Å².